The molecule has 0 aliphatic carbocycles. The summed E-state index contributed by atoms with van der Waals surface area (Å²) in [5.74, 6) is -0.0230. The smallest absolute Gasteiger partial charge is 0.216 e. The number of nitrogens with zero attached hydrogens (tertiary/aromatic N) is 1. The highest BCUT2D eigenvalue weighted by atomic mass is 32.2. The van der Waals surface area contributed by atoms with Crippen molar-refractivity contribution >= 4 is 10.0 Å². The van der Waals surface area contributed by atoms with Gasteiger partial charge < -0.3 is 5.32 Å². The van der Waals surface area contributed by atoms with Crippen LogP contribution >= 0.6 is 0 Å². The molecule has 0 spiro atoms. The summed E-state index contributed by atoms with van der Waals surface area (Å²) in [5.41, 5.74) is 2.67. The average molecular weight is 308 g/mol. The third-order valence-corrected chi connectivity index (χ3v) is 4.28. The molecule has 2 aromatic rings. The Morgan fingerprint density at radius 3 is 2.71 bits per heavy atom. The third-order valence-electron chi connectivity index (χ3n) is 2.98. The maximum Gasteiger partial charge on any atom is 0.216 e. The van der Waals surface area contributed by atoms with Gasteiger partial charge in [-0.15, -0.1) is 0 Å². The van der Waals surface area contributed by atoms with Crippen molar-refractivity contribution in [3.8, 4) is 0 Å². The van der Waals surface area contributed by atoms with Crippen molar-refractivity contribution in [2.75, 3.05) is 6.54 Å². The van der Waals surface area contributed by atoms with Gasteiger partial charge in [0.05, 0.1) is 11.9 Å². The molecule has 0 atom stereocenters. The van der Waals surface area contributed by atoms with E-state index >= 15 is 0 Å². The number of rotatable bonds is 8. The standard InChI is InChI=1S/C14H20N4O2S/c1-2-15-7-12-4-3-5-13(6-12)11-21(19,20)18-10-14-8-16-17-9-14/h3-6,8-9,15,18H,2,7,10-11H2,1H3,(H,16,17). The molecule has 0 bridgehead atoms. The van der Waals surface area contributed by atoms with Gasteiger partial charge in [0, 0.05) is 24.8 Å². The molecule has 7 heteroatoms. The lowest BCUT2D eigenvalue weighted by Crippen LogP contribution is -2.24. The highest BCUT2D eigenvalue weighted by Crippen LogP contribution is 2.09. The van der Waals surface area contributed by atoms with E-state index in [2.05, 4.69) is 20.2 Å². The Labute approximate surface area is 125 Å². The summed E-state index contributed by atoms with van der Waals surface area (Å²) in [6, 6.07) is 7.61. The minimum Gasteiger partial charge on any atom is -0.313 e. The number of hydrogen-bond donors (Lipinski definition) is 3. The van der Waals surface area contributed by atoms with Crippen molar-refractivity contribution in [2.24, 2.45) is 0 Å². The average Bonchev–Trinajstić information content (AvgIpc) is 2.96. The number of hydrogen-bond acceptors (Lipinski definition) is 4. The summed E-state index contributed by atoms with van der Waals surface area (Å²) < 4.78 is 26.7. The van der Waals surface area contributed by atoms with E-state index in [1.54, 1.807) is 12.4 Å². The van der Waals surface area contributed by atoms with Crippen molar-refractivity contribution in [3.05, 3.63) is 53.3 Å². The highest BCUT2D eigenvalue weighted by molar-refractivity contribution is 7.88. The van der Waals surface area contributed by atoms with Crippen LogP contribution in [-0.2, 0) is 28.9 Å². The fourth-order valence-electron chi connectivity index (χ4n) is 1.94. The predicted octanol–water partition coefficient (Wildman–Crippen LogP) is 1.14. The molecule has 6 nitrogen and oxygen atoms in total. The van der Waals surface area contributed by atoms with E-state index in [0.717, 1.165) is 29.8 Å². The zero-order valence-electron chi connectivity index (χ0n) is 12.0. The molecule has 2 rings (SSSR count). The van der Waals surface area contributed by atoms with Gasteiger partial charge in [-0.2, -0.15) is 5.10 Å². The minimum absolute atomic E-state index is 0.0230. The molecular formula is C14H20N4O2S. The molecule has 3 N–H and O–H groups in total. The molecular weight excluding hydrogens is 288 g/mol. The second kappa shape index (κ2) is 7.35. The van der Waals surface area contributed by atoms with Gasteiger partial charge in [-0.25, -0.2) is 13.1 Å². The second-order valence-corrected chi connectivity index (χ2v) is 6.59. The van der Waals surface area contributed by atoms with Crippen molar-refractivity contribution in [1.29, 1.82) is 0 Å². The quantitative estimate of drug-likeness (QED) is 0.682. The Morgan fingerprint density at radius 1 is 1.19 bits per heavy atom. The van der Waals surface area contributed by atoms with Crippen LogP contribution in [0.3, 0.4) is 0 Å². The Morgan fingerprint density at radius 2 is 2.00 bits per heavy atom. The lowest BCUT2D eigenvalue weighted by Gasteiger charge is -2.08. The minimum atomic E-state index is -3.36. The molecule has 0 fully saturated rings. The van der Waals surface area contributed by atoms with Crippen molar-refractivity contribution in [1.82, 2.24) is 20.2 Å². The molecule has 0 aliphatic heterocycles. The Bertz CT molecular complexity index is 653. The zero-order valence-corrected chi connectivity index (χ0v) is 12.8. The summed E-state index contributed by atoms with van der Waals surface area (Å²) in [4.78, 5) is 0. The fourth-order valence-corrected chi connectivity index (χ4v) is 3.04. The van der Waals surface area contributed by atoms with Gasteiger partial charge in [-0.05, 0) is 17.7 Å². The van der Waals surface area contributed by atoms with Crippen LogP contribution in [0.4, 0.5) is 0 Å². The summed E-state index contributed by atoms with van der Waals surface area (Å²) in [5, 5.41) is 9.65. The molecule has 1 aromatic heterocycles. The van der Waals surface area contributed by atoms with Crippen molar-refractivity contribution in [3.63, 3.8) is 0 Å². The molecule has 0 amide bonds. The number of aromatic nitrogens is 2. The number of benzene rings is 1. The van der Waals surface area contributed by atoms with E-state index in [-0.39, 0.29) is 12.3 Å². The maximum absolute atomic E-state index is 12.1. The summed E-state index contributed by atoms with van der Waals surface area (Å²) in [7, 11) is -3.36. The van der Waals surface area contributed by atoms with Crippen LogP contribution in [0.2, 0.25) is 0 Å². The van der Waals surface area contributed by atoms with Gasteiger partial charge >= 0.3 is 0 Å². The van der Waals surface area contributed by atoms with E-state index in [1.165, 1.54) is 0 Å². The molecule has 0 saturated carbocycles. The molecule has 1 aromatic carbocycles. The first kappa shape index (κ1) is 15.7. The van der Waals surface area contributed by atoms with Gasteiger partial charge in [-0.3, -0.25) is 5.10 Å². The van der Waals surface area contributed by atoms with Gasteiger partial charge in [0.15, 0.2) is 0 Å². The van der Waals surface area contributed by atoms with Crippen molar-refractivity contribution in [2.45, 2.75) is 25.8 Å². The van der Waals surface area contributed by atoms with Crippen LogP contribution < -0.4 is 10.0 Å². The number of sulfonamides is 1. The second-order valence-electron chi connectivity index (χ2n) is 4.79. The zero-order chi connectivity index (χ0) is 15.1. The SMILES string of the molecule is CCNCc1cccc(CS(=O)(=O)NCc2cn[nH]c2)c1. The number of aromatic amines is 1. The van der Waals surface area contributed by atoms with Gasteiger partial charge in [0.1, 0.15) is 0 Å². The molecule has 114 valence electrons. The van der Waals surface area contributed by atoms with E-state index in [0.29, 0.717) is 0 Å². The Kier molecular flexibility index (Phi) is 5.49. The Hall–Kier alpha value is -1.70. The van der Waals surface area contributed by atoms with Crippen LogP contribution in [0.1, 0.15) is 23.6 Å². The predicted molar refractivity (Wildman–Crippen MR) is 81.9 cm³/mol. The molecule has 0 aliphatic rings. The van der Waals surface area contributed by atoms with Gasteiger partial charge in [0.2, 0.25) is 10.0 Å². The maximum atomic E-state index is 12.1. The summed E-state index contributed by atoms with van der Waals surface area (Å²) in [6.07, 6.45) is 3.26. The lowest BCUT2D eigenvalue weighted by molar-refractivity contribution is 0.580. The van der Waals surface area contributed by atoms with Crippen LogP contribution in [0.15, 0.2) is 36.7 Å². The first-order valence-electron chi connectivity index (χ1n) is 6.82. The Balaban J connectivity index is 1.95. The van der Waals surface area contributed by atoms with E-state index in [9.17, 15) is 8.42 Å². The van der Waals surface area contributed by atoms with Crippen LogP contribution in [0.25, 0.3) is 0 Å². The van der Waals surface area contributed by atoms with E-state index in [1.807, 2.05) is 31.2 Å². The lowest BCUT2D eigenvalue weighted by atomic mass is 10.1. The normalized spacial score (nSPS) is 11.7. The van der Waals surface area contributed by atoms with Crippen LogP contribution in [-0.4, -0.2) is 25.2 Å². The van der Waals surface area contributed by atoms with E-state index < -0.39 is 10.0 Å². The third kappa shape index (κ3) is 5.30. The van der Waals surface area contributed by atoms with Crippen LogP contribution in [0.5, 0.6) is 0 Å². The van der Waals surface area contributed by atoms with Crippen LogP contribution in [0, 0.1) is 0 Å². The van der Waals surface area contributed by atoms with Gasteiger partial charge in [0.25, 0.3) is 0 Å². The van der Waals surface area contributed by atoms with E-state index in [4.69, 9.17) is 0 Å². The van der Waals surface area contributed by atoms with Crippen molar-refractivity contribution < 1.29 is 8.42 Å². The summed E-state index contributed by atoms with van der Waals surface area (Å²) in [6.45, 7) is 3.91. The molecule has 21 heavy (non-hydrogen) atoms. The molecule has 0 radical (unpaired) electrons. The van der Waals surface area contributed by atoms with Gasteiger partial charge in [-0.1, -0.05) is 31.2 Å². The monoisotopic (exact) mass is 308 g/mol. The highest BCUT2D eigenvalue weighted by Gasteiger charge is 2.12. The molecule has 1 heterocycles. The molecule has 0 unspecified atom stereocenters. The number of nitrogens with one attached hydrogen (secondary N) is 3. The number of H-pyrrole nitrogens is 1. The largest absolute Gasteiger partial charge is 0.313 e. The fraction of sp³-hybridized carbons (Fsp3) is 0.357. The molecule has 0 saturated heterocycles. The summed E-state index contributed by atoms with van der Waals surface area (Å²) >= 11 is 0. The first-order chi connectivity index (χ1) is 10.1. The topological polar surface area (TPSA) is 86.9 Å². The first-order valence-corrected chi connectivity index (χ1v) is 8.48.